The standard InChI is InChI=1S/C12H20N4/c1-2-6-13-11-5-3-9-16(10-11)12-14-7-4-8-15-12/h4,7-8,11,13H,2-3,5-6,9-10H2,1H3. The van der Waals surface area contributed by atoms with E-state index >= 15 is 0 Å². The van der Waals surface area contributed by atoms with Gasteiger partial charge in [0, 0.05) is 31.5 Å². The van der Waals surface area contributed by atoms with Crippen molar-refractivity contribution in [3.05, 3.63) is 18.5 Å². The Morgan fingerprint density at radius 3 is 3.00 bits per heavy atom. The summed E-state index contributed by atoms with van der Waals surface area (Å²) in [5.41, 5.74) is 0. The van der Waals surface area contributed by atoms with Crippen LogP contribution in [-0.2, 0) is 0 Å². The van der Waals surface area contributed by atoms with Gasteiger partial charge in [-0.25, -0.2) is 9.97 Å². The lowest BCUT2D eigenvalue weighted by Gasteiger charge is -2.33. The van der Waals surface area contributed by atoms with Gasteiger partial charge in [-0.05, 0) is 31.9 Å². The summed E-state index contributed by atoms with van der Waals surface area (Å²) < 4.78 is 0. The van der Waals surface area contributed by atoms with Crippen molar-refractivity contribution in [3.8, 4) is 0 Å². The molecule has 0 radical (unpaired) electrons. The molecule has 0 saturated carbocycles. The van der Waals surface area contributed by atoms with Crippen molar-refractivity contribution in [1.29, 1.82) is 0 Å². The topological polar surface area (TPSA) is 41.0 Å². The third-order valence-corrected chi connectivity index (χ3v) is 2.94. The molecule has 0 spiro atoms. The van der Waals surface area contributed by atoms with E-state index in [1.807, 2.05) is 18.5 Å². The number of anilines is 1. The number of hydrogen-bond acceptors (Lipinski definition) is 4. The van der Waals surface area contributed by atoms with Gasteiger partial charge in [0.05, 0.1) is 0 Å². The smallest absolute Gasteiger partial charge is 0.225 e. The Labute approximate surface area is 97.1 Å². The second kappa shape index (κ2) is 5.80. The number of rotatable bonds is 4. The molecular formula is C12H20N4. The summed E-state index contributed by atoms with van der Waals surface area (Å²) in [4.78, 5) is 10.9. The van der Waals surface area contributed by atoms with Crippen LogP contribution in [0.1, 0.15) is 26.2 Å². The summed E-state index contributed by atoms with van der Waals surface area (Å²) in [5.74, 6) is 0.866. The lowest BCUT2D eigenvalue weighted by molar-refractivity contribution is 0.420. The van der Waals surface area contributed by atoms with Gasteiger partial charge in [-0.15, -0.1) is 0 Å². The lowest BCUT2D eigenvalue weighted by atomic mass is 10.1. The highest BCUT2D eigenvalue weighted by Crippen LogP contribution is 2.14. The summed E-state index contributed by atoms with van der Waals surface area (Å²) in [6, 6.07) is 2.46. The number of nitrogens with one attached hydrogen (secondary N) is 1. The van der Waals surface area contributed by atoms with E-state index in [2.05, 4.69) is 27.1 Å². The normalized spacial score (nSPS) is 21.1. The quantitative estimate of drug-likeness (QED) is 0.833. The lowest BCUT2D eigenvalue weighted by Crippen LogP contribution is -2.46. The van der Waals surface area contributed by atoms with Gasteiger partial charge in [-0.2, -0.15) is 0 Å². The van der Waals surface area contributed by atoms with Crippen molar-refractivity contribution in [2.24, 2.45) is 0 Å². The van der Waals surface area contributed by atoms with Gasteiger partial charge < -0.3 is 10.2 Å². The Morgan fingerprint density at radius 2 is 2.25 bits per heavy atom. The average Bonchev–Trinajstić information content (AvgIpc) is 2.38. The van der Waals surface area contributed by atoms with Crippen LogP contribution in [0.3, 0.4) is 0 Å². The fraction of sp³-hybridized carbons (Fsp3) is 0.667. The molecule has 2 rings (SSSR count). The van der Waals surface area contributed by atoms with Gasteiger partial charge in [-0.1, -0.05) is 6.92 Å². The van der Waals surface area contributed by atoms with E-state index in [0.717, 1.165) is 25.6 Å². The van der Waals surface area contributed by atoms with Crippen LogP contribution in [0.2, 0.25) is 0 Å². The van der Waals surface area contributed by atoms with Gasteiger partial charge in [0.2, 0.25) is 5.95 Å². The molecule has 1 atom stereocenters. The average molecular weight is 220 g/mol. The molecule has 88 valence electrons. The molecule has 1 aromatic rings. The molecule has 1 N–H and O–H groups in total. The van der Waals surface area contributed by atoms with Crippen molar-refractivity contribution >= 4 is 5.95 Å². The van der Waals surface area contributed by atoms with Gasteiger partial charge in [0.1, 0.15) is 0 Å². The summed E-state index contributed by atoms with van der Waals surface area (Å²) in [6.07, 6.45) is 7.30. The zero-order valence-corrected chi connectivity index (χ0v) is 9.89. The van der Waals surface area contributed by atoms with E-state index in [0.29, 0.717) is 6.04 Å². The number of aromatic nitrogens is 2. The molecule has 2 heterocycles. The first-order valence-corrected chi connectivity index (χ1v) is 6.15. The van der Waals surface area contributed by atoms with Crippen molar-refractivity contribution in [3.63, 3.8) is 0 Å². The first-order chi connectivity index (χ1) is 7.90. The van der Waals surface area contributed by atoms with E-state index in [9.17, 15) is 0 Å². The molecule has 0 amide bonds. The molecular weight excluding hydrogens is 200 g/mol. The van der Waals surface area contributed by atoms with Crippen LogP contribution in [0.4, 0.5) is 5.95 Å². The largest absolute Gasteiger partial charge is 0.339 e. The number of piperidine rings is 1. The highest BCUT2D eigenvalue weighted by atomic mass is 15.3. The first-order valence-electron chi connectivity index (χ1n) is 6.15. The van der Waals surface area contributed by atoms with Crippen LogP contribution in [0.5, 0.6) is 0 Å². The van der Waals surface area contributed by atoms with E-state index in [4.69, 9.17) is 0 Å². The van der Waals surface area contributed by atoms with E-state index in [1.54, 1.807) is 0 Å². The maximum atomic E-state index is 4.30. The molecule has 4 heteroatoms. The van der Waals surface area contributed by atoms with Crippen LogP contribution in [0, 0.1) is 0 Å². The van der Waals surface area contributed by atoms with Crippen LogP contribution < -0.4 is 10.2 Å². The fourth-order valence-corrected chi connectivity index (χ4v) is 2.13. The first kappa shape index (κ1) is 11.3. The summed E-state index contributed by atoms with van der Waals surface area (Å²) in [6.45, 7) is 5.42. The highest BCUT2D eigenvalue weighted by molar-refractivity contribution is 5.29. The molecule has 0 aliphatic carbocycles. The highest BCUT2D eigenvalue weighted by Gasteiger charge is 2.20. The van der Waals surface area contributed by atoms with Gasteiger partial charge in [0.15, 0.2) is 0 Å². The minimum atomic E-state index is 0.595. The predicted octanol–water partition coefficient (Wildman–Crippen LogP) is 1.44. The minimum Gasteiger partial charge on any atom is -0.339 e. The maximum Gasteiger partial charge on any atom is 0.225 e. The van der Waals surface area contributed by atoms with E-state index in [-0.39, 0.29) is 0 Å². The van der Waals surface area contributed by atoms with Crippen LogP contribution in [0.15, 0.2) is 18.5 Å². The van der Waals surface area contributed by atoms with Crippen molar-refractivity contribution in [2.75, 3.05) is 24.5 Å². The monoisotopic (exact) mass is 220 g/mol. The van der Waals surface area contributed by atoms with Crippen molar-refractivity contribution in [2.45, 2.75) is 32.2 Å². The summed E-state index contributed by atoms with van der Waals surface area (Å²) >= 11 is 0. The molecule has 1 fully saturated rings. The van der Waals surface area contributed by atoms with Crippen LogP contribution >= 0.6 is 0 Å². The summed E-state index contributed by atoms with van der Waals surface area (Å²) in [5, 5.41) is 3.57. The Morgan fingerprint density at radius 1 is 1.44 bits per heavy atom. The zero-order chi connectivity index (χ0) is 11.2. The molecule has 1 aliphatic rings. The van der Waals surface area contributed by atoms with E-state index < -0.39 is 0 Å². The third kappa shape index (κ3) is 2.92. The molecule has 0 bridgehead atoms. The summed E-state index contributed by atoms with van der Waals surface area (Å²) in [7, 11) is 0. The predicted molar refractivity (Wildman–Crippen MR) is 65.6 cm³/mol. The Kier molecular flexibility index (Phi) is 4.10. The van der Waals surface area contributed by atoms with E-state index in [1.165, 1.54) is 19.3 Å². The Balaban J connectivity index is 1.91. The third-order valence-electron chi connectivity index (χ3n) is 2.94. The number of nitrogens with zero attached hydrogens (tertiary/aromatic N) is 3. The Hall–Kier alpha value is -1.16. The van der Waals surface area contributed by atoms with Crippen molar-refractivity contribution in [1.82, 2.24) is 15.3 Å². The van der Waals surface area contributed by atoms with Gasteiger partial charge in [0.25, 0.3) is 0 Å². The molecule has 1 aliphatic heterocycles. The molecule has 1 aromatic heterocycles. The maximum absolute atomic E-state index is 4.30. The SMILES string of the molecule is CCCNC1CCCN(c2ncccn2)C1. The van der Waals surface area contributed by atoms with Crippen LogP contribution in [0.25, 0.3) is 0 Å². The molecule has 16 heavy (non-hydrogen) atoms. The molecule has 1 unspecified atom stereocenters. The fourth-order valence-electron chi connectivity index (χ4n) is 2.13. The second-order valence-corrected chi connectivity index (χ2v) is 4.29. The number of hydrogen-bond donors (Lipinski definition) is 1. The van der Waals surface area contributed by atoms with Crippen molar-refractivity contribution < 1.29 is 0 Å². The van der Waals surface area contributed by atoms with Gasteiger partial charge in [-0.3, -0.25) is 0 Å². The zero-order valence-electron chi connectivity index (χ0n) is 9.89. The minimum absolute atomic E-state index is 0.595. The Bertz CT molecular complexity index is 301. The molecule has 1 saturated heterocycles. The second-order valence-electron chi connectivity index (χ2n) is 4.29. The van der Waals surface area contributed by atoms with Crippen LogP contribution in [-0.4, -0.2) is 35.6 Å². The van der Waals surface area contributed by atoms with Gasteiger partial charge >= 0.3 is 0 Å². The molecule has 0 aromatic carbocycles. The molecule has 4 nitrogen and oxygen atoms in total.